The lowest BCUT2D eigenvalue weighted by molar-refractivity contribution is 0.185. The Morgan fingerprint density at radius 3 is 2.73 bits per heavy atom. The van der Waals surface area contributed by atoms with Crippen LogP contribution >= 0.6 is 39.9 Å². The summed E-state index contributed by atoms with van der Waals surface area (Å²) in [6.07, 6.45) is 0. The molecule has 0 radical (unpaired) electrons. The predicted octanol–water partition coefficient (Wildman–Crippen LogP) is 4.14. The van der Waals surface area contributed by atoms with Crippen LogP contribution in [0.3, 0.4) is 0 Å². The lowest BCUT2D eigenvalue weighted by atomic mass is 10.2. The van der Waals surface area contributed by atoms with Crippen LogP contribution in [0.2, 0.25) is 0 Å². The van der Waals surface area contributed by atoms with Gasteiger partial charge in [-0.15, -0.1) is 24.0 Å². The maximum absolute atomic E-state index is 5.94. The second-order valence-electron chi connectivity index (χ2n) is 4.55. The first-order valence-corrected chi connectivity index (χ1v) is 7.36. The van der Waals surface area contributed by atoms with E-state index in [0.717, 1.165) is 21.3 Å². The highest BCUT2D eigenvalue weighted by Crippen LogP contribution is 2.16. The van der Waals surface area contributed by atoms with Crippen LogP contribution in [0, 0.1) is 0 Å². The normalized spacial score (nSPS) is 10.9. The van der Waals surface area contributed by atoms with Gasteiger partial charge in [0, 0.05) is 22.8 Å². The zero-order valence-corrected chi connectivity index (χ0v) is 16.2. The molecule has 0 saturated heterocycles. The van der Waals surface area contributed by atoms with E-state index in [9.17, 15) is 0 Å². The molecule has 4 nitrogen and oxygen atoms in total. The Morgan fingerprint density at radius 1 is 1.23 bits per heavy atom. The quantitative estimate of drug-likeness (QED) is 0.388. The second kappa shape index (κ2) is 9.81. The number of halogens is 2. The van der Waals surface area contributed by atoms with Crippen molar-refractivity contribution in [2.24, 2.45) is 10.7 Å². The maximum atomic E-state index is 5.94. The molecule has 0 heterocycles. The van der Waals surface area contributed by atoms with Crippen molar-refractivity contribution < 1.29 is 4.74 Å². The van der Waals surface area contributed by atoms with Crippen molar-refractivity contribution in [1.82, 2.24) is 0 Å². The Labute approximate surface area is 156 Å². The van der Waals surface area contributed by atoms with Crippen molar-refractivity contribution in [3.8, 4) is 0 Å². The van der Waals surface area contributed by atoms with E-state index < -0.39 is 0 Å². The van der Waals surface area contributed by atoms with Crippen molar-refractivity contribution in [3.63, 3.8) is 0 Å². The Morgan fingerprint density at radius 2 is 2.00 bits per heavy atom. The van der Waals surface area contributed by atoms with Gasteiger partial charge in [0.05, 0.1) is 13.2 Å². The summed E-state index contributed by atoms with van der Waals surface area (Å²) in [6, 6.07) is 15.9. The Bertz CT molecular complexity index is 634. The Balaban J connectivity index is 0.00000242. The first-order valence-electron chi connectivity index (χ1n) is 6.57. The minimum absolute atomic E-state index is 0. The van der Waals surface area contributed by atoms with Gasteiger partial charge in [-0.3, -0.25) is 0 Å². The van der Waals surface area contributed by atoms with E-state index in [1.54, 1.807) is 7.11 Å². The fraction of sp³-hybridized carbons (Fsp3) is 0.188. The molecule has 0 unspecified atom stereocenters. The Hall–Kier alpha value is -1.12. The summed E-state index contributed by atoms with van der Waals surface area (Å²) in [7, 11) is 1.67. The van der Waals surface area contributed by atoms with Gasteiger partial charge in [0.1, 0.15) is 0 Å². The summed E-state index contributed by atoms with van der Waals surface area (Å²) in [5, 5.41) is 3.12. The first kappa shape index (κ1) is 18.9. The van der Waals surface area contributed by atoms with Crippen molar-refractivity contribution in [1.29, 1.82) is 0 Å². The zero-order valence-electron chi connectivity index (χ0n) is 12.3. The Kier molecular flexibility index (Phi) is 8.44. The van der Waals surface area contributed by atoms with Crippen LogP contribution in [0.15, 0.2) is 58.0 Å². The number of nitrogens with zero attached hydrogens (tertiary/aromatic N) is 1. The molecule has 3 N–H and O–H groups in total. The van der Waals surface area contributed by atoms with E-state index in [4.69, 9.17) is 10.5 Å². The minimum Gasteiger partial charge on any atom is -0.380 e. The summed E-state index contributed by atoms with van der Waals surface area (Å²) in [5.74, 6) is 0.388. The molecule has 0 aliphatic rings. The van der Waals surface area contributed by atoms with Crippen LogP contribution in [-0.4, -0.2) is 13.1 Å². The molecule has 0 saturated carbocycles. The third-order valence-corrected chi connectivity index (χ3v) is 3.39. The molecule has 0 fully saturated rings. The van der Waals surface area contributed by atoms with Crippen molar-refractivity contribution in [3.05, 3.63) is 64.1 Å². The van der Waals surface area contributed by atoms with Crippen molar-refractivity contribution >= 4 is 51.6 Å². The lowest BCUT2D eigenvalue weighted by Gasteiger charge is -2.10. The number of ether oxygens (including phenoxy) is 1. The average Bonchev–Trinajstić information content (AvgIpc) is 2.48. The lowest BCUT2D eigenvalue weighted by Crippen LogP contribution is -2.23. The fourth-order valence-electron chi connectivity index (χ4n) is 1.91. The van der Waals surface area contributed by atoms with Crippen LogP contribution in [0.25, 0.3) is 0 Å². The number of guanidine groups is 1. The molecular formula is C16H19BrIN3O. The molecule has 2 aromatic carbocycles. The van der Waals surface area contributed by atoms with Gasteiger partial charge in [0.25, 0.3) is 0 Å². The molecular weight excluding hydrogens is 457 g/mol. The fourth-order valence-corrected chi connectivity index (χ4v) is 2.36. The van der Waals surface area contributed by atoms with E-state index in [-0.39, 0.29) is 24.0 Å². The van der Waals surface area contributed by atoms with Gasteiger partial charge < -0.3 is 15.8 Å². The molecule has 2 aromatic rings. The van der Waals surface area contributed by atoms with E-state index in [0.29, 0.717) is 19.1 Å². The van der Waals surface area contributed by atoms with E-state index in [1.165, 1.54) is 0 Å². The highest BCUT2D eigenvalue weighted by Gasteiger charge is 2.02. The number of nitrogens with one attached hydrogen (secondary N) is 1. The standard InChI is InChI=1S/C16H18BrN3O.HI/c1-21-11-13-6-2-3-8-15(13)20-16(18)19-10-12-5-4-7-14(17)9-12;/h2-9H,10-11H2,1H3,(H3,18,19,20);1H. The third kappa shape index (κ3) is 5.94. The second-order valence-corrected chi connectivity index (χ2v) is 5.46. The molecule has 22 heavy (non-hydrogen) atoms. The molecule has 0 aromatic heterocycles. The summed E-state index contributed by atoms with van der Waals surface area (Å²) in [4.78, 5) is 4.35. The SMILES string of the molecule is COCc1ccccc1NC(N)=NCc1cccc(Br)c1.I. The van der Waals surface area contributed by atoms with Gasteiger partial charge in [0.2, 0.25) is 0 Å². The number of benzene rings is 2. The largest absolute Gasteiger partial charge is 0.380 e. The number of rotatable bonds is 5. The molecule has 118 valence electrons. The zero-order chi connectivity index (χ0) is 15.1. The first-order chi connectivity index (χ1) is 10.2. The van der Waals surface area contributed by atoms with Gasteiger partial charge in [-0.25, -0.2) is 4.99 Å². The summed E-state index contributed by atoms with van der Waals surface area (Å²) >= 11 is 3.44. The number of methoxy groups -OCH3 is 1. The van der Waals surface area contributed by atoms with Crippen LogP contribution in [0.4, 0.5) is 5.69 Å². The molecule has 0 aliphatic carbocycles. The van der Waals surface area contributed by atoms with E-state index in [1.807, 2.05) is 48.5 Å². The predicted molar refractivity (Wildman–Crippen MR) is 106 cm³/mol. The molecule has 2 rings (SSSR count). The van der Waals surface area contributed by atoms with Crippen molar-refractivity contribution in [2.45, 2.75) is 13.2 Å². The highest BCUT2D eigenvalue weighted by atomic mass is 127. The van der Waals surface area contributed by atoms with E-state index >= 15 is 0 Å². The molecule has 0 bridgehead atoms. The number of hydrogen-bond donors (Lipinski definition) is 2. The molecule has 0 amide bonds. The molecule has 6 heteroatoms. The van der Waals surface area contributed by atoms with Crippen LogP contribution < -0.4 is 11.1 Å². The minimum atomic E-state index is 0. The smallest absolute Gasteiger partial charge is 0.193 e. The summed E-state index contributed by atoms with van der Waals surface area (Å²) in [5.41, 5.74) is 8.99. The number of aliphatic imine (C=N–C) groups is 1. The third-order valence-electron chi connectivity index (χ3n) is 2.90. The molecule has 0 aliphatic heterocycles. The number of hydrogen-bond acceptors (Lipinski definition) is 2. The maximum Gasteiger partial charge on any atom is 0.193 e. The topological polar surface area (TPSA) is 59.6 Å². The average molecular weight is 476 g/mol. The van der Waals surface area contributed by atoms with Crippen LogP contribution in [0.1, 0.15) is 11.1 Å². The van der Waals surface area contributed by atoms with Gasteiger partial charge in [-0.2, -0.15) is 0 Å². The van der Waals surface area contributed by atoms with Gasteiger partial charge in [-0.1, -0.05) is 46.3 Å². The van der Waals surface area contributed by atoms with Crippen molar-refractivity contribution in [2.75, 3.05) is 12.4 Å². The molecule has 0 atom stereocenters. The van der Waals surface area contributed by atoms with E-state index in [2.05, 4.69) is 26.2 Å². The number of nitrogens with two attached hydrogens (primary N) is 1. The highest BCUT2D eigenvalue weighted by molar-refractivity contribution is 14.0. The number of anilines is 1. The van der Waals surface area contributed by atoms with Crippen LogP contribution in [-0.2, 0) is 17.9 Å². The number of para-hydroxylation sites is 1. The summed E-state index contributed by atoms with van der Waals surface area (Å²) < 4.78 is 6.20. The van der Waals surface area contributed by atoms with Gasteiger partial charge in [0.15, 0.2) is 5.96 Å². The van der Waals surface area contributed by atoms with Gasteiger partial charge in [-0.05, 0) is 23.8 Å². The van der Waals surface area contributed by atoms with Crippen LogP contribution in [0.5, 0.6) is 0 Å². The summed E-state index contributed by atoms with van der Waals surface area (Å²) in [6.45, 7) is 1.06. The monoisotopic (exact) mass is 475 g/mol. The van der Waals surface area contributed by atoms with Gasteiger partial charge >= 0.3 is 0 Å². The molecule has 0 spiro atoms.